The molecular weight excluding hydrogens is 328 g/mol. The van der Waals surface area contributed by atoms with Gasteiger partial charge in [-0.15, -0.1) is 0 Å². The summed E-state index contributed by atoms with van der Waals surface area (Å²) in [6, 6.07) is 19.3. The highest BCUT2D eigenvalue weighted by Crippen LogP contribution is 2.34. The van der Waals surface area contributed by atoms with Crippen molar-refractivity contribution < 1.29 is 9.53 Å². The Morgan fingerprint density at radius 2 is 1.81 bits per heavy atom. The average Bonchev–Trinajstić information content (AvgIpc) is 3.15. The van der Waals surface area contributed by atoms with Crippen LogP contribution in [0.15, 0.2) is 66.9 Å². The van der Waals surface area contributed by atoms with Crippen molar-refractivity contribution in [2.24, 2.45) is 5.73 Å². The first-order chi connectivity index (χ1) is 12.7. The van der Waals surface area contributed by atoms with Crippen LogP contribution in [0.1, 0.15) is 16.1 Å². The molecule has 2 heterocycles. The predicted molar refractivity (Wildman–Crippen MR) is 98.6 cm³/mol. The molecule has 0 radical (unpaired) electrons. The molecule has 0 spiro atoms. The van der Waals surface area contributed by atoms with E-state index >= 15 is 0 Å². The number of aromatic nitrogens is 3. The molecule has 0 bridgehead atoms. The molecule has 4 rings (SSSR count). The summed E-state index contributed by atoms with van der Waals surface area (Å²) in [6.07, 6.45) is 1.68. The summed E-state index contributed by atoms with van der Waals surface area (Å²) in [7, 11) is 0. The van der Waals surface area contributed by atoms with Gasteiger partial charge in [0, 0.05) is 16.5 Å². The van der Waals surface area contributed by atoms with E-state index in [0.29, 0.717) is 18.0 Å². The van der Waals surface area contributed by atoms with Crippen LogP contribution in [-0.2, 0) is 6.61 Å². The molecule has 0 unspecified atom stereocenters. The Kier molecular flexibility index (Phi) is 4.07. The lowest BCUT2D eigenvalue weighted by atomic mass is 10.0. The summed E-state index contributed by atoms with van der Waals surface area (Å²) in [4.78, 5) is 15.9. The summed E-state index contributed by atoms with van der Waals surface area (Å²) >= 11 is 0. The zero-order valence-corrected chi connectivity index (χ0v) is 13.8. The number of fused-ring (bicyclic) bond motifs is 1. The van der Waals surface area contributed by atoms with Crippen molar-refractivity contribution in [3.63, 3.8) is 0 Å². The number of aromatic amines is 1. The van der Waals surface area contributed by atoms with Gasteiger partial charge in [-0.3, -0.25) is 9.89 Å². The highest BCUT2D eigenvalue weighted by molar-refractivity contribution is 6.00. The van der Waals surface area contributed by atoms with Crippen LogP contribution in [0.2, 0.25) is 0 Å². The van der Waals surface area contributed by atoms with Crippen molar-refractivity contribution >= 4 is 16.9 Å². The Labute approximate surface area is 149 Å². The third-order valence-corrected chi connectivity index (χ3v) is 4.09. The Balaban J connectivity index is 1.78. The SMILES string of the molecule is NC(=O)c1cc(-c2ccccc2OCc2ccccc2)c2cn[nH]c2n1. The summed E-state index contributed by atoms with van der Waals surface area (Å²) in [6.45, 7) is 0.445. The first-order valence-electron chi connectivity index (χ1n) is 8.12. The fraction of sp³-hybridized carbons (Fsp3) is 0.0500. The molecule has 4 aromatic rings. The number of nitrogens with two attached hydrogens (primary N) is 1. The summed E-state index contributed by atoms with van der Waals surface area (Å²) < 4.78 is 6.04. The van der Waals surface area contributed by atoms with Crippen molar-refractivity contribution in [2.75, 3.05) is 0 Å². The number of hydrogen-bond acceptors (Lipinski definition) is 4. The molecule has 2 aromatic carbocycles. The first-order valence-corrected chi connectivity index (χ1v) is 8.12. The lowest BCUT2D eigenvalue weighted by Gasteiger charge is -2.13. The van der Waals surface area contributed by atoms with Crippen molar-refractivity contribution in [2.45, 2.75) is 6.61 Å². The number of amides is 1. The molecule has 0 fully saturated rings. The number of ether oxygens (including phenoxy) is 1. The number of nitrogens with one attached hydrogen (secondary N) is 1. The third-order valence-electron chi connectivity index (χ3n) is 4.09. The minimum absolute atomic E-state index is 0.176. The van der Waals surface area contributed by atoms with Gasteiger partial charge in [0.2, 0.25) is 0 Å². The second-order valence-electron chi connectivity index (χ2n) is 5.82. The summed E-state index contributed by atoms with van der Waals surface area (Å²) in [5, 5.41) is 7.62. The van der Waals surface area contributed by atoms with Gasteiger partial charge in [0.15, 0.2) is 5.65 Å². The largest absolute Gasteiger partial charge is 0.488 e. The van der Waals surface area contributed by atoms with Crippen LogP contribution in [0.3, 0.4) is 0 Å². The zero-order valence-electron chi connectivity index (χ0n) is 13.8. The normalized spacial score (nSPS) is 10.8. The zero-order chi connectivity index (χ0) is 17.9. The number of para-hydroxylation sites is 1. The molecule has 6 nitrogen and oxygen atoms in total. The van der Waals surface area contributed by atoms with Crippen molar-refractivity contribution in [1.82, 2.24) is 15.2 Å². The predicted octanol–water partition coefficient (Wildman–Crippen LogP) is 3.30. The molecule has 6 heteroatoms. The number of nitrogens with zero attached hydrogens (tertiary/aromatic N) is 2. The highest BCUT2D eigenvalue weighted by atomic mass is 16.5. The van der Waals surface area contributed by atoms with Gasteiger partial charge < -0.3 is 10.5 Å². The monoisotopic (exact) mass is 344 g/mol. The van der Waals surface area contributed by atoms with E-state index in [-0.39, 0.29) is 5.69 Å². The number of hydrogen-bond donors (Lipinski definition) is 2. The Morgan fingerprint density at radius 3 is 2.62 bits per heavy atom. The number of carbonyl (C=O) groups is 1. The Bertz CT molecular complexity index is 1070. The van der Waals surface area contributed by atoms with Crippen LogP contribution in [0, 0.1) is 0 Å². The van der Waals surface area contributed by atoms with E-state index in [1.54, 1.807) is 12.3 Å². The van der Waals surface area contributed by atoms with Crippen LogP contribution in [-0.4, -0.2) is 21.1 Å². The molecule has 1 amide bonds. The first kappa shape index (κ1) is 15.8. The molecule has 0 saturated heterocycles. The average molecular weight is 344 g/mol. The van der Waals surface area contributed by atoms with Crippen molar-refractivity contribution in [3.8, 4) is 16.9 Å². The summed E-state index contributed by atoms with van der Waals surface area (Å²) in [5.74, 6) is 0.117. The number of rotatable bonds is 5. The Hall–Kier alpha value is -3.67. The standard InChI is InChI=1S/C20H16N4O2/c21-19(25)17-10-15(16-11-22-24-20(16)23-17)14-8-4-5-9-18(14)26-12-13-6-2-1-3-7-13/h1-11H,12H2,(H2,21,25)(H,22,23,24). The molecule has 128 valence electrons. The third kappa shape index (κ3) is 3.00. The maximum absolute atomic E-state index is 11.6. The summed E-state index contributed by atoms with van der Waals surface area (Å²) in [5.41, 5.74) is 8.82. The fourth-order valence-corrected chi connectivity index (χ4v) is 2.83. The quantitative estimate of drug-likeness (QED) is 0.581. The fourth-order valence-electron chi connectivity index (χ4n) is 2.83. The Morgan fingerprint density at radius 1 is 1.04 bits per heavy atom. The molecule has 0 aliphatic heterocycles. The van der Waals surface area contributed by atoms with Gasteiger partial charge in [-0.1, -0.05) is 48.5 Å². The van der Waals surface area contributed by atoms with Gasteiger partial charge in [-0.05, 0) is 17.7 Å². The van der Waals surface area contributed by atoms with E-state index in [2.05, 4.69) is 15.2 Å². The molecule has 3 N–H and O–H groups in total. The molecule has 2 aromatic heterocycles. The van der Waals surface area contributed by atoms with Crippen molar-refractivity contribution in [3.05, 3.63) is 78.1 Å². The van der Waals surface area contributed by atoms with Crippen LogP contribution >= 0.6 is 0 Å². The van der Waals surface area contributed by atoms with Crippen LogP contribution in [0.25, 0.3) is 22.2 Å². The molecular formula is C20H16N4O2. The van der Waals surface area contributed by atoms with E-state index in [1.807, 2.05) is 54.6 Å². The highest BCUT2D eigenvalue weighted by Gasteiger charge is 2.15. The number of primary amides is 1. The van der Waals surface area contributed by atoms with Crippen LogP contribution < -0.4 is 10.5 Å². The topological polar surface area (TPSA) is 93.9 Å². The lowest BCUT2D eigenvalue weighted by Crippen LogP contribution is -2.13. The van der Waals surface area contributed by atoms with Gasteiger partial charge >= 0.3 is 0 Å². The van der Waals surface area contributed by atoms with E-state index in [9.17, 15) is 4.79 Å². The van der Waals surface area contributed by atoms with Gasteiger partial charge in [0.25, 0.3) is 5.91 Å². The number of H-pyrrole nitrogens is 1. The minimum Gasteiger partial charge on any atom is -0.488 e. The number of pyridine rings is 1. The van der Waals surface area contributed by atoms with Gasteiger partial charge in [-0.25, -0.2) is 4.98 Å². The van der Waals surface area contributed by atoms with Gasteiger partial charge in [-0.2, -0.15) is 5.10 Å². The van der Waals surface area contributed by atoms with Crippen LogP contribution in [0.4, 0.5) is 0 Å². The van der Waals surface area contributed by atoms with E-state index in [0.717, 1.165) is 22.1 Å². The second-order valence-corrected chi connectivity index (χ2v) is 5.82. The molecule has 0 atom stereocenters. The molecule has 0 saturated carbocycles. The molecule has 26 heavy (non-hydrogen) atoms. The van der Waals surface area contributed by atoms with Crippen LogP contribution in [0.5, 0.6) is 5.75 Å². The maximum atomic E-state index is 11.6. The lowest BCUT2D eigenvalue weighted by molar-refractivity contribution is 0.0996. The second kappa shape index (κ2) is 6.68. The van der Waals surface area contributed by atoms with E-state index < -0.39 is 5.91 Å². The number of benzene rings is 2. The van der Waals surface area contributed by atoms with Crippen molar-refractivity contribution in [1.29, 1.82) is 0 Å². The number of carbonyl (C=O) groups excluding carboxylic acids is 1. The molecule has 0 aliphatic rings. The minimum atomic E-state index is -0.592. The van der Waals surface area contributed by atoms with Gasteiger partial charge in [0.05, 0.1) is 6.20 Å². The van der Waals surface area contributed by atoms with E-state index in [4.69, 9.17) is 10.5 Å². The molecule has 0 aliphatic carbocycles. The smallest absolute Gasteiger partial charge is 0.267 e. The maximum Gasteiger partial charge on any atom is 0.267 e. The van der Waals surface area contributed by atoms with E-state index in [1.165, 1.54) is 0 Å². The van der Waals surface area contributed by atoms with Gasteiger partial charge in [0.1, 0.15) is 18.1 Å².